The molecule has 0 N–H and O–H groups in total. The molecule has 1 aromatic rings. The van der Waals surface area contributed by atoms with Crippen LogP contribution in [0.25, 0.3) is 6.08 Å². The third kappa shape index (κ3) is 3.93. The van der Waals surface area contributed by atoms with Crippen molar-refractivity contribution in [3.05, 3.63) is 41.2 Å². The molecule has 18 heavy (non-hydrogen) atoms. The minimum Gasteiger partial charge on any atom is -0.304 e. The second-order valence-corrected chi connectivity index (χ2v) is 5.13. The Labute approximate surface area is 109 Å². The molecule has 2 rings (SSSR count). The van der Waals surface area contributed by atoms with Gasteiger partial charge in [0.2, 0.25) is 0 Å². The first-order valence-corrected chi connectivity index (χ1v) is 6.47. The van der Waals surface area contributed by atoms with E-state index in [1.807, 2.05) is 6.07 Å². The molecule has 98 valence electrons. The number of hydrogen-bond acceptors (Lipinski definition) is 2. The van der Waals surface area contributed by atoms with E-state index < -0.39 is 0 Å². The Balaban J connectivity index is 1.93. The Morgan fingerprint density at radius 1 is 1.28 bits per heavy atom. The standard InChI is InChI=1S/C15H21FN2/c1-13(10-14-4-3-5-15(16)11-14)12-18-8-6-17(2)7-9-18/h3-5,10-11H,6-9,12H2,1-2H3/b13-10+. The zero-order valence-electron chi connectivity index (χ0n) is 11.2. The van der Waals surface area contributed by atoms with Gasteiger partial charge in [0, 0.05) is 32.7 Å². The van der Waals surface area contributed by atoms with Crippen molar-refractivity contribution in [2.75, 3.05) is 39.8 Å². The first-order valence-electron chi connectivity index (χ1n) is 6.47. The van der Waals surface area contributed by atoms with Crippen molar-refractivity contribution in [3.8, 4) is 0 Å². The lowest BCUT2D eigenvalue weighted by molar-refractivity contribution is 0.164. The summed E-state index contributed by atoms with van der Waals surface area (Å²) in [6.07, 6.45) is 2.07. The highest BCUT2D eigenvalue weighted by atomic mass is 19.1. The molecule has 1 heterocycles. The third-order valence-electron chi connectivity index (χ3n) is 3.33. The van der Waals surface area contributed by atoms with E-state index in [2.05, 4.69) is 29.8 Å². The molecule has 1 saturated heterocycles. The van der Waals surface area contributed by atoms with E-state index in [-0.39, 0.29) is 5.82 Å². The topological polar surface area (TPSA) is 6.48 Å². The lowest BCUT2D eigenvalue weighted by atomic mass is 10.1. The van der Waals surface area contributed by atoms with Crippen LogP contribution in [0.4, 0.5) is 4.39 Å². The van der Waals surface area contributed by atoms with E-state index in [0.717, 1.165) is 38.3 Å². The Bertz CT molecular complexity index is 420. The molecule has 0 spiro atoms. The molecule has 0 aliphatic carbocycles. The number of halogens is 1. The van der Waals surface area contributed by atoms with Gasteiger partial charge in [-0.3, -0.25) is 4.90 Å². The van der Waals surface area contributed by atoms with Gasteiger partial charge in [0.25, 0.3) is 0 Å². The first-order chi connectivity index (χ1) is 8.63. The molecule has 0 bridgehead atoms. The first kappa shape index (κ1) is 13.2. The molecule has 0 saturated carbocycles. The van der Waals surface area contributed by atoms with Gasteiger partial charge in [0.05, 0.1) is 0 Å². The molecular formula is C15H21FN2. The predicted molar refractivity (Wildman–Crippen MR) is 74.0 cm³/mol. The lowest BCUT2D eigenvalue weighted by Gasteiger charge is -2.32. The maximum Gasteiger partial charge on any atom is 0.123 e. The molecule has 2 nitrogen and oxygen atoms in total. The average Bonchev–Trinajstić information content (AvgIpc) is 2.32. The van der Waals surface area contributed by atoms with Crippen LogP contribution < -0.4 is 0 Å². The van der Waals surface area contributed by atoms with Crippen LogP contribution >= 0.6 is 0 Å². The zero-order valence-corrected chi connectivity index (χ0v) is 11.2. The van der Waals surface area contributed by atoms with Crippen LogP contribution in [0, 0.1) is 5.82 Å². The van der Waals surface area contributed by atoms with Crippen molar-refractivity contribution >= 4 is 6.08 Å². The van der Waals surface area contributed by atoms with Crippen LogP contribution in [0.15, 0.2) is 29.8 Å². The summed E-state index contributed by atoms with van der Waals surface area (Å²) >= 11 is 0. The van der Waals surface area contributed by atoms with E-state index in [0.29, 0.717) is 0 Å². The van der Waals surface area contributed by atoms with Crippen molar-refractivity contribution in [3.63, 3.8) is 0 Å². The van der Waals surface area contributed by atoms with Gasteiger partial charge in [-0.1, -0.05) is 23.8 Å². The van der Waals surface area contributed by atoms with Crippen LogP contribution in [0.3, 0.4) is 0 Å². The minimum absolute atomic E-state index is 0.170. The second kappa shape index (κ2) is 6.12. The van der Waals surface area contributed by atoms with Gasteiger partial charge < -0.3 is 4.90 Å². The Morgan fingerprint density at radius 2 is 2.00 bits per heavy atom. The zero-order chi connectivity index (χ0) is 13.0. The summed E-state index contributed by atoms with van der Waals surface area (Å²) in [5, 5.41) is 0. The van der Waals surface area contributed by atoms with Crippen molar-refractivity contribution < 1.29 is 4.39 Å². The van der Waals surface area contributed by atoms with Crippen molar-refractivity contribution in [1.29, 1.82) is 0 Å². The summed E-state index contributed by atoms with van der Waals surface area (Å²) in [6.45, 7) is 7.59. The highest BCUT2D eigenvalue weighted by Gasteiger charge is 2.13. The Kier molecular flexibility index (Phi) is 4.50. The van der Waals surface area contributed by atoms with Crippen molar-refractivity contribution in [2.45, 2.75) is 6.92 Å². The summed E-state index contributed by atoms with van der Waals surface area (Å²) < 4.78 is 13.1. The molecule has 1 aromatic carbocycles. The fourth-order valence-corrected chi connectivity index (χ4v) is 2.29. The molecular weight excluding hydrogens is 227 g/mol. The quantitative estimate of drug-likeness (QED) is 0.811. The predicted octanol–water partition coefficient (Wildman–Crippen LogP) is 2.48. The fraction of sp³-hybridized carbons (Fsp3) is 0.467. The van der Waals surface area contributed by atoms with Gasteiger partial charge in [0.15, 0.2) is 0 Å². The van der Waals surface area contributed by atoms with E-state index in [9.17, 15) is 4.39 Å². The van der Waals surface area contributed by atoms with E-state index in [4.69, 9.17) is 0 Å². The fourth-order valence-electron chi connectivity index (χ4n) is 2.29. The number of rotatable bonds is 3. The molecule has 0 aromatic heterocycles. The number of hydrogen-bond donors (Lipinski definition) is 0. The van der Waals surface area contributed by atoms with Crippen LogP contribution in [0.5, 0.6) is 0 Å². The van der Waals surface area contributed by atoms with Crippen molar-refractivity contribution in [2.24, 2.45) is 0 Å². The minimum atomic E-state index is -0.170. The lowest BCUT2D eigenvalue weighted by Crippen LogP contribution is -2.44. The van der Waals surface area contributed by atoms with Crippen LogP contribution in [-0.2, 0) is 0 Å². The molecule has 0 unspecified atom stereocenters. The maximum atomic E-state index is 13.1. The number of nitrogens with zero attached hydrogens (tertiary/aromatic N) is 2. The molecule has 0 radical (unpaired) electrons. The van der Waals surface area contributed by atoms with E-state index in [1.165, 1.54) is 11.6 Å². The van der Waals surface area contributed by atoms with Gasteiger partial charge in [0.1, 0.15) is 5.82 Å². The molecule has 0 atom stereocenters. The van der Waals surface area contributed by atoms with Crippen LogP contribution in [0.2, 0.25) is 0 Å². The summed E-state index contributed by atoms with van der Waals surface area (Å²) in [6, 6.07) is 6.75. The van der Waals surface area contributed by atoms with Gasteiger partial charge in [-0.15, -0.1) is 0 Å². The van der Waals surface area contributed by atoms with Crippen molar-refractivity contribution in [1.82, 2.24) is 9.80 Å². The molecule has 1 aliphatic rings. The third-order valence-corrected chi connectivity index (χ3v) is 3.33. The smallest absolute Gasteiger partial charge is 0.123 e. The number of likely N-dealkylation sites (N-methyl/N-ethyl adjacent to an activating group) is 1. The van der Waals surface area contributed by atoms with Gasteiger partial charge in [-0.25, -0.2) is 4.39 Å². The Hall–Kier alpha value is -1.19. The van der Waals surface area contributed by atoms with E-state index >= 15 is 0 Å². The van der Waals surface area contributed by atoms with E-state index in [1.54, 1.807) is 12.1 Å². The maximum absolute atomic E-state index is 13.1. The summed E-state index contributed by atoms with van der Waals surface area (Å²) in [4.78, 5) is 4.80. The van der Waals surface area contributed by atoms with Gasteiger partial charge in [-0.2, -0.15) is 0 Å². The average molecular weight is 248 g/mol. The largest absolute Gasteiger partial charge is 0.304 e. The van der Waals surface area contributed by atoms with Crippen LogP contribution in [-0.4, -0.2) is 49.6 Å². The SMILES string of the molecule is C/C(=C\c1cccc(F)c1)CN1CCN(C)CC1. The monoisotopic (exact) mass is 248 g/mol. The normalized spacial score (nSPS) is 19.2. The number of benzene rings is 1. The molecule has 0 amide bonds. The van der Waals surface area contributed by atoms with Crippen LogP contribution in [0.1, 0.15) is 12.5 Å². The molecule has 3 heteroatoms. The summed E-state index contributed by atoms with van der Waals surface area (Å²) in [7, 11) is 2.16. The molecule has 1 fully saturated rings. The number of piperazine rings is 1. The highest BCUT2D eigenvalue weighted by Crippen LogP contribution is 2.10. The van der Waals surface area contributed by atoms with Gasteiger partial charge in [-0.05, 0) is 31.7 Å². The highest BCUT2D eigenvalue weighted by molar-refractivity contribution is 5.52. The Morgan fingerprint density at radius 3 is 2.67 bits per heavy atom. The second-order valence-electron chi connectivity index (χ2n) is 5.13. The van der Waals surface area contributed by atoms with Gasteiger partial charge >= 0.3 is 0 Å². The summed E-state index contributed by atoms with van der Waals surface area (Å²) in [5.41, 5.74) is 2.23. The molecule has 1 aliphatic heterocycles. The summed E-state index contributed by atoms with van der Waals surface area (Å²) in [5.74, 6) is -0.170.